The molecule has 9 nitrogen and oxygen atoms in total. The Bertz CT molecular complexity index is 1430. The Morgan fingerprint density at radius 3 is 2.43 bits per heavy atom. The molecule has 4 N–H and O–H groups in total. The van der Waals surface area contributed by atoms with E-state index in [1.807, 2.05) is 13.8 Å². The van der Waals surface area contributed by atoms with Gasteiger partial charge in [0.15, 0.2) is 11.6 Å². The molecule has 0 saturated carbocycles. The van der Waals surface area contributed by atoms with Crippen LogP contribution in [0.5, 0.6) is 5.75 Å². The molecule has 3 aromatic rings. The molecule has 226 valence electrons. The highest BCUT2D eigenvalue weighted by molar-refractivity contribution is 6.31. The maximum absolute atomic E-state index is 13.2. The van der Waals surface area contributed by atoms with Crippen LogP contribution in [0, 0.1) is 12.8 Å². The average molecular weight is 606 g/mol. The summed E-state index contributed by atoms with van der Waals surface area (Å²) in [7, 11) is 3.32. The maximum atomic E-state index is 13.2. The van der Waals surface area contributed by atoms with E-state index in [4.69, 9.17) is 16.3 Å². The zero-order chi connectivity index (χ0) is 31.0. The molecular weight excluding hydrogens is 571 g/mol. The van der Waals surface area contributed by atoms with Crippen LogP contribution >= 0.6 is 11.6 Å². The Morgan fingerprint density at radius 1 is 1.14 bits per heavy atom. The third-order valence-corrected chi connectivity index (χ3v) is 7.13. The number of hydrogen-bond donors (Lipinski definition) is 4. The number of carbonyl (C=O) groups is 1. The molecule has 0 saturated heterocycles. The molecule has 0 aliphatic heterocycles. The van der Waals surface area contributed by atoms with Crippen molar-refractivity contribution in [3.8, 4) is 5.75 Å². The number of nitrogens with one attached hydrogen (secondary N) is 4. The molecule has 2 atom stereocenters. The largest absolute Gasteiger partial charge is 0.491 e. The van der Waals surface area contributed by atoms with Gasteiger partial charge in [-0.05, 0) is 55.7 Å². The van der Waals surface area contributed by atoms with Crippen LogP contribution in [0.4, 0.5) is 46.8 Å². The first-order chi connectivity index (χ1) is 19.8. The van der Waals surface area contributed by atoms with Crippen molar-refractivity contribution < 1.29 is 22.7 Å². The Kier molecular flexibility index (Phi) is 11.0. The van der Waals surface area contributed by atoms with Crippen molar-refractivity contribution in [2.75, 3.05) is 35.4 Å². The first-order valence-corrected chi connectivity index (χ1v) is 13.6. The first-order valence-electron chi connectivity index (χ1n) is 13.3. The summed E-state index contributed by atoms with van der Waals surface area (Å²) in [5, 5.41) is 11.2. The Morgan fingerprint density at radius 2 is 1.81 bits per heavy atom. The Hall–Kier alpha value is -4.06. The summed E-state index contributed by atoms with van der Waals surface area (Å²) in [6.45, 7) is 8.14. The number of hydrogen-bond acceptors (Lipinski definition) is 7. The van der Waals surface area contributed by atoms with Gasteiger partial charge in [-0.15, -0.1) is 0 Å². The minimum atomic E-state index is -4.65. The van der Waals surface area contributed by atoms with Gasteiger partial charge in [-0.2, -0.15) is 18.2 Å². The molecule has 2 amide bonds. The summed E-state index contributed by atoms with van der Waals surface area (Å²) in [5.74, 6) is 1.64. The Labute approximate surface area is 248 Å². The lowest BCUT2D eigenvalue weighted by Gasteiger charge is -2.26. The maximum Gasteiger partial charge on any atom is 0.417 e. The fraction of sp³-hybridized carbons (Fsp3) is 0.379. The van der Waals surface area contributed by atoms with Crippen molar-refractivity contribution in [1.82, 2.24) is 9.97 Å². The molecule has 2 unspecified atom stereocenters. The number of aromatic nitrogens is 2. The van der Waals surface area contributed by atoms with Gasteiger partial charge in [-0.25, -0.2) is 9.78 Å². The standard InChI is InChI=1S/C29H35ClF3N7O2/c1-7-16(2)23(12-18(4)34-5)38-26-25(42-6)15-35-27(40-26)39-24-14-20(9-8-17(24)3)37-28(41)36-19-10-11-22(30)21(13-19)29(31,32)33/h8-11,13-16,23H,7,12H2,1-6H3,(H2,36,37,41)(H2,35,38,39,40). The highest BCUT2D eigenvalue weighted by Crippen LogP contribution is 2.36. The summed E-state index contributed by atoms with van der Waals surface area (Å²) < 4.78 is 45.0. The summed E-state index contributed by atoms with van der Waals surface area (Å²) in [5.41, 5.74) is 1.76. The number of nitrogens with zero attached hydrogens (tertiary/aromatic N) is 3. The van der Waals surface area contributed by atoms with Crippen molar-refractivity contribution in [2.24, 2.45) is 10.9 Å². The predicted molar refractivity (Wildman–Crippen MR) is 163 cm³/mol. The van der Waals surface area contributed by atoms with E-state index in [1.54, 1.807) is 38.6 Å². The fourth-order valence-electron chi connectivity index (χ4n) is 4.02. The second kappa shape index (κ2) is 14.2. The molecule has 0 aliphatic rings. The SMILES string of the molecule is CCC(C)C(CC(C)=NC)Nc1nc(Nc2cc(NC(=O)Nc3ccc(Cl)c(C(F)(F)F)c3)ccc2C)ncc1OC. The summed E-state index contributed by atoms with van der Waals surface area (Å²) in [6, 6.07) is 7.59. The van der Waals surface area contributed by atoms with Gasteiger partial charge in [0.25, 0.3) is 0 Å². The van der Waals surface area contributed by atoms with Gasteiger partial charge in [0, 0.05) is 42.3 Å². The number of aliphatic imine (C=N–C) groups is 1. The van der Waals surface area contributed by atoms with Gasteiger partial charge in [-0.1, -0.05) is 37.9 Å². The van der Waals surface area contributed by atoms with E-state index in [9.17, 15) is 18.0 Å². The van der Waals surface area contributed by atoms with Gasteiger partial charge in [0.05, 0.1) is 23.9 Å². The second-order valence-corrected chi connectivity index (χ2v) is 10.2. The van der Waals surface area contributed by atoms with Gasteiger partial charge in [-0.3, -0.25) is 4.99 Å². The summed E-state index contributed by atoms with van der Waals surface area (Å²) in [6.07, 6.45) is -1.39. The number of benzene rings is 2. The van der Waals surface area contributed by atoms with Crippen LogP contribution < -0.4 is 26.0 Å². The summed E-state index contributed by atoms with van der Waals surface area (Å²) in [4.78, 5) is 25.9. The number of halogens is 4. The molecule has 0 bridgehead atoms. The average Bonchev–Trinajstić information content (AvgIpc) is 2.94. The van der Waals surface area contributed by atoms with E-state index < -0.39 is 22.8 Å². The lowest BCUT2D eigenvalue weighted by Crippen LogP contribution is -2.30. The number of ether oxygens (including phenoxy) is 1. The number of anilines is 5. The van der Waals surface area contributed by atoms with E-state index in [0.29, 0.717) is 34.8 Å². The number of amides is 2. The van der Waals surface area contributed by atoms with Crippen molar-refractivity contribution >= 4 is 52.2 Å². The van der Waals surface area contributed by atoms with Crippen LogP contribution in [-0.2, 0) is 6.18 Å². The number of urea groups is 1. The molecule has 1 aromatic heterocycles. The Balaban J connectivity index is 1.78. The molecule has 0 aliphatic carbocycles. The number of aryl methyl sites for hydroxylation is 1. The van der Waals surface area contributed by atoms with Crippen LogP contribution in [0.2, 0.25) is 5.02 Å². The molecule has 2 aromatic carbocycles. The van der Waals surface area contributed by atoms with Gasteiger partial charge in [0.2, 0.25) is 5.95 Å². The number of carbonyl (C=O) groups excluding carboxylic acids is 1. The van der Waals surface area contributed by atoms with E-state index in [2.05, 4.69) is 50.1 Å². The van der Waals surface area contributed by atoms with Gasteiger partial charge < -0.3 is 26.0 Å². The van der Waals surface area contributed by atoms with Crippen LogP contribution in [0.25, 0.3) is 0 Å². The minimum Gasteiger partial charge on any atom is -0.491 e. The van der Waals surface area contributed by atoms with Crippen molar-refractivity contribution in [3.63, 3.8) is 0 Å². The zero-order valence-electron chi connectivity index (χ0n) is 24.3. The van der Waals surface area contributed by atoms with Crippen LogP contribution in [0.3, 0.4) is 0 Å². The molecule has 0 radical (unpaired) electrons. The lowest BCUT2D eigenvalue weighted by atomic mass is 9.94. The van der Waals surface area contributed by atoms with E-state index in [-0.39, 0.29) is 11.7 Å². The topological polar surface area (TPSA) is 113 Å². The van der Waals surface area contributed by atoms with Crippen LogP contribution in [0.1, 0.15) is 44.7 Å². The normalized spacial score (nSPS) is 13.2. The second-order valence-electron chi connectivity index (χ2n) is 9.84. The molecule has 3 rings (SSSR count). The van der Waals surface area contributed by atoms with Crippen LogP contribution in [0.15, 0.2) is 47.6 Å². The molecule has 13 heteroatoms. The molecule has 42 heavy (non-hydrogen) atoms. The lowest BCUT2D eigenvalue weighted by molar-refractivity contribution is -0.137. The number of methoxy groups -OCH3 is 1. The van der Waals surface area contributed by atoms with E-state index in [0.717, 1.165) is 36.2 Å². The minimum absolute atomic E-state index is 0.0579. The highest BCUT2D eigenvalue weighted by atomic mass is 35.5. The predicted octanol–water partition coefficient (Wildman–Crippen LogP) is 8.16. The zero-order valence-corrected chi connectivity index (χ0v) is 25.0. The highest BCUT2D eigenvalue weighted by Gasteiger charge is 2.33. The number of rotatable bonds is 11. The van der Waals surface area contributed by atoms with Crippen molar-refractivity contribution in [3.05, 3.63) is 58.7 Å². The number of alkyl halides is 3. The molecule has 0 spiro atoms. The molecule has 0 fully saturated rings. The van der Waals surface area contributed by atoms with Crippen molar-refractivity contribution in [1.29, 1.82) is 0 Å². The van der Waals surface area contributed by atoms with E-state index >= 15 is 0 Å². The first kappa shape index (κ1) is 32.5. The quantitative estimate of drug-likeness (QED) is 0.164. The fourth-order valence-corrected chi connectivity index (χ4v) is 4.24. The molecular formula is C29H35ClF3N7O2. The van der Waals surface area contributed by atoms with E-state index in [1.165, 1.54) is 6.07 Å². The third-order valence-electron chi connectivity index (χ3n) is 6.80. The smallest absolute Gasteiger partial charge is 0.417 e. The van der Waals surface area contributed by atoms with Crippen molar-refractivity contribution in [2.45, 2.75) is 52.8 Å². The van der Waals surface area contributed by atoms with Gasteiger partial charge >= 0.3 is 12.2 Å². The molecule has 1 heterocycles. The van der Waals surface area contributed by atoms with Crippen LogP contribution in [-0.4, -0.2) is 41.9 Å². The monoisotopic (exact) mass is 605 g/mol. The summed E-state index contributed by atoms with van der Waals surface area (Å²) >= 11 is 5.66. The van der Waals surface area contributed by atoms with Gasteiger partial charge in [0.1, 0.15) is 0 Å². The third kappa shape index (κ3) is 8.72.